The normalized spacial score (nSPS) is 26.3. The van der Waals surface area contributed by atoms with Crippen molar-refractivity contribution in [1.82, 2.24) is 15.2 Å². The number of nitrogens with zero attached hydrogens (tertiary/aromatic N) is 2. The van der Waals surface area contributed by atoms with E-state index in [0.717, 1.165) is 16.0 Å². The third kappa shape index (κ3) is 4.03. The van der Waals surface area contributed by atoms with Gasteiger partial charge < -0.3 is 20.1 Å². The zero-order valence-corrected chi connectivity index (χ0v) is 17.7. The van der Waals surface area contributed by atoms with Gasteiger partial charge in [0.25, 0.3) is 0 Å². The number of rotatable bonds is 5. The van der Waals surface area contributed by atoms with Gasteiger partial charge in [0.05, 0.1) is 10.2 Å². The highest BCUT2D eigenvalue weighted by molar-refractivity contribution is 7.16. The van der Waals surface area contributed by atoms with E-state index in [2.05, 4.69) is 10.3 Å². The lowest BCUT2D eigenvalue weighted by Gasteiger charge is -2.48. The molecular formula is C21H27N3O4S. The Bertz CT molecular complexity index is 910. The summed E-state index contributed by atoms with van der Waals surface area (Å²) < 4.78 is 7.15. The fourth-order valence-electron chi connectivity index (χ4n) is 4.24. The van der Waals surface area contributed by atoms with Gasteiger partial charge in [-0.25, -0.2) is 9.78 Å². The maximum atomic E-state index is 12.5. The van der Waals surface area contributed by atoms with E-state index in [1.165, 1.54) is 4.90 Å². The van der Waals surface area contributed by atoms with Gasteiger partial charge in [-0.3, -0.25) is 4.79 Å². The summed E-state index contributed by atoms with van der Waals surface area (Å²) in [5.74, 6) is 0.801. The number of carboxylic acid groups (broad SMARTS) is 1. The first-order chi connectivity index (χ1) is 13.7. The Morgan fingerprint density at radius 3 is 2.62 bits per heavy atom. The Balaban J connectivity index is 1.23. The average molecular weight is 418 g/mol. The van der Waals surface area contributed by atoms with Crippen LogP contribution in [0.15, 0.2) is 23.7 Å². The highest BCUT2D eigenvalue weighted by Crippen LogP contribution is 2.36. The van der Waals surface area contributed by atoms with Crippen LogP contribution in [0.2, 0.25) is 0 Å². The lowest BCUT2D eigenvalue weighted by Crippen LogP contribution is -2.61. The first-order valence-electron chi connectivity index (χ1n) is 10.0. The van der Waals surface area contributed by atoms with Crippen molar-refractivity contribution in [2.45, 2.75) is 70.2 Å². The molecule has 156 valence electrons. The van der Waals surface area contributed by atoms with Crippen molar-refractivity contribution < 1.29 is 19.4 Å². The van der Waals surface area contributed by atoms with Crippen LogP contribution in [-0.2, 0) is 4.79 Å². The van der Waals surface area contributed by atoms with Gasteiger partial charge in [-0.2, -0.15) is 0 Å². The zero-order valence-electron chi connectivity index (χ0n) is 16.9. The number of nitrogens with one attached hydrogen (secondary N) is 1. The third-order valence-electron chi connectivity index (χ3n) is 5.84. The monoisotopic (exact) mass is 417 g/mol. The predicted octanol–water partition coefficient (Wildman–Crippen LogP) is 3.88. The summed E-state index contributed by atoms with van der Waals surface area (Å²) in [6.07, 6.45) is 1.89. The first kappa shape index (κ1) is 19.9. The minimum atomic E-state index is -0.901. The number of para-hydroxylation sites is 1. The number of amides is 2. The Morgan fingerprint density at radius 1 is 1.24 bits per heavy atom. The molecule has 0 spiro atoms. The van der Waals surface area contributed by atoms with Crippen LogP contribution < -0.4 is 10.1 Å². The van der Waals surface area contributed by atoms with Crippen LogP contribution >= 0.6 is 11.3 Å². The molecule has 8 heteroatoms. The predicted molar refractivity (Wildman–Crippen MR) is 111 cm³/mol. The number of hydrogen-bond acceptors (Lipinski definition) is 5. The molecule has 0 saturated heterocycles. The number of aromatic nitrogens is 1. The number of hydrogen-bond donors (Lipinski definition) is 2. The van der Waals surface area contributed by atoms with Gasteiger partial charge in [0, 0.05) is 23.5 Å². The molecule has 4 rings (SSSR count). The highest BCUT2D eigenvalue weighted by Gasteiger charge is 2.43. The number of carbonyl (C=O) groups excluding carboxylic acids is 1. The summed E-state index contributed by atoms with van der Waals surface area (Å²) in [5, 5.41) is 12.5. The van der Waals surface area contributed by atoms with Crippen LogP contribution in [0, 0.1) is 5.92 Å². The van der Waals surface area contributed by atoms with Crippen molar-refractivity contribution in [1.29, 1.82) is 0 Å². The van der Waals surface area contributed by atoms with E-state index >= 15 is 0 Å². The van der Waals surface area contributed by atoms with Crippen molar-refractivity contribution in [2.75, 3.05) is 0 Å². The number of ether oxygens (including phenoxy) is 1. The van der Waals surface area contributed by atoms with Crippen molar-refractivity contribution in [3.05, 3.63) is 23.7 Å². The molecule has 0 radical (unpaired) electrons. The SMILES string of the molecule is CC(C)(C)N(C(=O)O)C1CC(NC(=O)C2CC(Oc3cccc4scnc34)C2)C1. The number of thiazole rings is 1. The minimum absolute atomic E-state index is 0.0335. The van der Waals surface area contributed by atoms with Crippen LogP contribution in [0.3, 0.4) is 0 Å². The molecule has 7 nitrogen and oxygen atoms in total. The Hall–Kier alpha value is -2.35. The topological polar surface area (TPSA) is 91.8 Å². The van der Waals surface area contributed by atoms with E-state index in [1.807, 2.05) is 44.5 Å². The summed E-state index contributed by atoms with van der Waals surface area (Å²) >= 11 is 1.59. The summed E-state index contributed by atoms with van der Waals surface area (Å²) in [6.45, 7) is 5.69. The van der Waals surface area contributed by atoms with Gasteiger partial charge in [-0.05, 0) is 58.6 Å². The second-order valence-corrected chi connectivity index (χ2v) is 9.90. The molecule has 2 aliphatic carbocycles. The molecule has 1 aromatic carbocycles. The third-order valence-corrected chi connectivity index (χ3v) is 6.63. The van der Waals surface area contributed by atoms with Gasteiger partial charge in [-0.1, -0.05) is 6.07 Å². The molecule has 0 bridgehead atoms. The minimum Gasteiger partial charge on any atom is -0.488 e. The smallest absolute Gasteiger partial charge is 0.407 e. The summed E-state index contributed by atoms with van der Waals surface area (Å²) in [4.78, 5) is 29.9. The van der Waals surface area contributed by atoms with E-state index in [-0.39, 0.29) is 30.0 Å². The van der Waals surface area contributed by atoms with Gasteiger partial charge in [0.1, 0.15) is 17.4 Å². The van der Waals surface area contributed by atoms with Crippen LogP contribution in [-0.4, -0.2) is 50.7 Å². The molecule has 2 fully saturated rings. The van der Waals surface area contributed by atoms with Crippen LogP contribution in [0.4, 0.5) is 4.79 Å². The van der Waals surface area contributed by atoms with E-state index in [4.69, 9.17) is 4.74 Å². The van der Waals surface area contributed by atoms with Gasteiger partial charge in [0.2, 0.25) is 5.91 Å². The summed E-state index contributed by atoms with van der Waals surface area (Å²) in [7, 11) is 0. The Morgan fingerprint density at radius 2 is 1.97 bits per heavy atom. The van der Waals surface area contributed by atoms with Gasteiger partial charge >= 0.3 is 6.09 Å². The fraction of sp³-hybridized carbons (Fsp3) is 0.571. The van der Waals surface area contributed by atoms with Crippen molar-refractivity contribution in [2.24, 2.45) is 5.92 Å². The van der Waals surface area contributed by atoms with Gasteiger partial charge in [0.15, 0.2) is 0 Å². The lowest BCUT2D eigenvalue weighted by atomic mass is 9.79. The van der Waals surface area contributed by atoms with E-state index in [9.17, 15) is 14.7 Å². The number of carbonyl (C=O) groups is 2. The van der Waals surface area contributed by atoms with Crippen molar-refractivity contribution in [3.63, 3.8) is 0 Å². The maximum absolute atomic E-state index is 12.5. The zero-order chi connectivity index (χ0) is 20.8. The molecule has 2 saturated carbocycles. The lowest BCUT2D eigenvalue weighted by molar-refractivity contribution is -0.132. The van der Waals surface area contributed by atoms with Gasteiger partial charge in [-0.15, -0.1) is 11.3 Å². The summed E-state index contributed by atoms with van der Waals surface area (Å²) in [6, 6.07) is 5.93. The van der Waals surface area contributed by atoms with Crippen LogP contribution in [0.25, 0.3) is 10.2 Å². The average Bonchev–Trinajstić information content (AvgIpc) is 3.03. The first-order valence-corrected chi connectivity index (χ1v) is 10.9. The Kier molecular flexibility index (Phi) is 5.14. The van der Waals surface area contributed by atoms with Crippen molar-refractivity contribution >= 4 is 33.6 Å². The molecule has 2 amide bonds. The van der Waals surface area contributed by atoms with Crippen LogP contribution in [0.1, 0.15) is 46.5 Å². The molecular weight excluding hydrogens is 390 g/mol. The molecule has 0 aliphatic heterocycles. The highest BCUT2D eigenvalue weighted by atomic mass is 32.1. The molecule has 1 heterocycles. The molecule has 2 N–H and O–H groups in total. The quantitative estimate of drug-likeness (QED) is 0.770. The molecule has 1 aromatic heterocycles. The maximum Gasteiger partial charge on any atom is 0.407 e. The Labute approximate surface area is 174 Å². The van der Waals surface area contributed by atoms with E-state index in [1.54, 1.807) is 11.3 Å². The molecule has 29 heavy (non-hydrogen) atoms. The molecule has 2 aliphatic rings. The summed E-state index contributed by atoms with van der Waals surface area (Å²) in [5.41, 5.74) is 2.25. The van der Waals surface area contributed by atoms with E-state index < -0.39 is 11.6 Å². The van der Waals surface area contributed by atoms with E-state index in [0.29, 0.717) is 25.7 Å². The fourth-order valence-corrected chi connectivity index (χ4v) is 4.93. The van der Waals surface area contributed by atoms with Crippen LogP contribution in [0.5, 0.6) is 5.75 Å². The standard InChI is InChI=1S/C21H27N3O4S/c1-21(2,3)24(20(26)27)14-9-13(10-14)23-19(25)12-7-15(8-12)28-16-5-4-6-17-18(16)22-11-29-17/h4-6,11-15H,7-10H2,1-3H3,(H,23,25)(H,26,27). The molecule has 0 atom stereocenters. The van der Waals surface area contributed by atoms with Crippen molar-refractivity contribution in [3.8, 4) is 5.75 Å². The number of fused-ring (bicyclic) bond motifs is 1. The molecule has 2 aromatic rings. The number of benzene rings is 1. The second kappa shape index (κ2) is 7.48. The largest absolute Gasteiger partial charge is 0.488 e. The second-order valence-electron chi connectivity index (χ2n) is 9.02. The molecule has 0 unspecified atom stereocenters.